The second kappa shape index (κ2) is 12.9. The molecule has 0 fully saturated rings. The molecule has 4 heteroatoms. The van der Waals surface area contributed by atoms with Gasteiger partial charge in [0.1, 0.15) is 0 Å². The van der Waals surface area contributed by atoms with E-state index in [1.165, 1.54) is 59.5 Å². The fraction of sp³-hybridized carbons (Fsp3) is 0.0833. The lowest BCUT2D eigenvalue weighted by atomic mass is 10.0. The number of allylic oxidation sites excluding steroid dienone is 2. The van der Waals surface area contributed by atoms with Crippen molar-refractivity contribution in [3.8, 4) is 11.1 Å². The number of H-pyrrole nitrogens is 1. The Hall–Kier alpha value is -6.10. The lowest BCUT2D eigenvalue weighted by molar-refractivity contribution is 0.950. The highest BCUT2D eigenvalue weighted by Gasteiger charge is 2.22. The van der Waals surface area contributed by atoms with Gasteiger partial charge in [-0.25, -0.2) is 0 Å². The average molecular weight is 688 g/mol. The van der Waals surface area contributed by atoms with Gasteiger partial charge in [-0.2, -0.15) is 0 Å². The number of benzene rings is 6. The molecule has 0 saturated carbocycles. The Morgan fingerprint density at radius 3 is 1.65 bits per heavy atom. The number of nitrogens with zero attached hydrogens (tertiary/aromatic N) is 2. The van der Waals surface area contributed by atoms with Crippen LogP contribution in [0.5, 0.6) is 0 Å². The Balaban J connectivity index is 1.02. The number of para-hydroxylation sites is 3. The minimum atomic E-state index is 1.05. The van der Waals surface area contributed by atoms with Gasteiger partial charge in [-0.3, -0.25) is 0 Å². The number of hydrogen-bond acceptors (Lipinski definition) is 3. The molecule has 0 radical (unpaired) electrons. The van der Waals surface area contributed by atoms with Gasteiger partial charge in [-0.05, 0) is 103 Å². The van der Waals surface area contributed by atoms with Crippen molar-refractivity contribution < 1.29 is 0 Å². The van der Waals surface area contributed by atoms with E-state index in [4.69, 9.17) is 0 Å². The Morgan fingerprint density at radius 1 is 0.462 bits per heavy atom. The second-order valence-electron chi connectivity index (χ2n) is 13.6. The standard InChI is InChI=1S/C48H37N3S/c1-3-13-35(14-4-1)50(44-22-11-19-41-39-17-7-9-21-43(39)49-47(41)44)37-29-25-33(26-30-37)34-27-31-38(32-28-34)51(36-15-5-2-6-16-36)45-23-12-20-42-40-18-8-10-24-46(40)52-48(42)45/h1-8,11-20,22-23,25-32,49H,9-10,21,24H2. The molecule has 8 aromatic rings. The highest BCUT2D eigenvalue weighted by molar-refractivity contribution is 7.20. The summed E-state index contributed by atoms with van der Waals surface area (Å²) in [5.74, 6) is 0. The highest BCUT2D eigenvalue weighted by atomic mass is 32.1. The summed E-state index contributed by atoms with van der Waals surface area (Å²) >= 11 is 1.95. The van der Waals surface area contributed by atoms with E-state index in [1.54, 1.807) is 0 Å². The molecule has 0 unspecified atom stereocenters. The predicted molar refractivity (Wildman–Crippen MR) is 223 cm³/mol. The van der Waals surface area contributed by atoms with Gasteiger partial charge in [-0.15, -0.1) is 11.3 Å². The third-order valence-electron chi connectivity index (χ3n) is 10.5. The molecule has 2 aliphatic rings. The molecule has 10 rings (SSSR count). The largest absolute Gasteiger partial charge is 0.356 e. The molecule has 0 atom stereocenters. The van der Waals surface area contributed by atoms with Crippen LogP contribution < -0.4 is 9.80 Å². The molecule has 0 spiro atoms. The summed E-state index contributed by atoms with van der Waals surface area (Å²) in [4.78, 5) is 10.1. The molecule has 0 amide bonds. The summed E-state index contributed by atoms with van der Waals surface area (Å²) in [6.45, 7) is 0. The van der Waals surface area contributed by atoms with Crippen LogP contribution in [-0.2, 0) is 12.8 Å². The predicted octanol–water partition coefficient (Wildman–Crippen LogP) is 13.9. The first-order chi connectivity index (χ1) is 25.8. The molecule has 1 N–H and O–H groups in total. The third-order valence-corrected chi connectivity index (χ3v) is 11.8. The van der Waals surface area contributed by atoms with Gasteiger partial charge < -0.3 is 14.8 Å². The maximum Gasteiger partial charge on any atom is 0.0707 e. The monoisotopic (exact) mass is 687 g/mol. The minimum absolute atomic E-state index is 1.05. The van der Waals surface area contributed by atoms with Crippen molar-refractivity contribution in [1.29, 1.82) is 0 Å². The first-order valence-corrected chi connectivity index (χ1v) is 19.0. The minimum Gasteiger partial charge on any atom is -0.356 e. The van der Waals surface area contributed by atoms with E-state index < -0.39 is 0 Å². The smallest absolute Gasteiger partial charge is 0.0707 e. The zero-order chi connectivity index (χ0) is 34.4. The maximum atomic E-state index is 3.80. The van der Waals surface area contributed by atoms with Crippen molar-refractivity contribution in [2.24, 2.45) is 0 Å². The summed E-state index contributed by atoms with van der Waals surface area (Å²) in [6, 6.07) is 52.9. The third kappa shape index (κ3) is 5.26. The Labute approximate surface area is 308 Å². The van der Waals surface area contributed by atoms with Gasteiger partial charge in [0.2, 0.25) is 0 Å². The maximum absolute atomic E-state index is 3.80. The number of nitrogens with one attached hydrogen (secondary N) is 1. The normalized spacial score (nSPS) is 13.3. The number of aromatic nitrogens is 1. The van der Waals surface area contributed by atoms with Crippen LogP contribution in [0.25, 0.3) is 44.3 Å². The van der Waals surface area contributed by atoms with E-state index >= 15 is 0 Å². The molecular formula is C48H37N3S. The van der Waals surface area contributed by atoms with Gasteiger partial charge in [0, 0.05) is 49.7 Å². The Kier molecular flexibility index (Phi) is 7.62. The van der Waals surface area contributed by atoms with E-state index in [-0.39, 0.29) is 0 Å². The van der Waals surface area contributed by atoms with Gasteiger partial charge >= 0.3 is 0 Å². The molecule has 3 nitrogen and oxygen atoms in total. The van der Waals surface area contributed by atoms with Crippen LogP contribution in [0.1, 0.15) is 34.5 Å². The van der Waals surface area contributed by atoms with Crippen molar-refractivity contribution in [2.75, 3.05) is 9.80 Å². The zero-order valence-corrected chi connectivity index (χ0v) is 29.6. The van der Waals surface area contributed by atoms with Crippen molar-refractivity contribution in [3.63, 3.8) is 0 Å². The number of fused-ring (bicyclic) bond motifs is 6. The molecule has 2 aliphatic carbocycles. The topological polar surface area (TPSA) is 22.3 Å². The zero-order valence-electron chi connectivity index (χ0n) is 28.8. The molecule has 0 bridgehead atoms. The molecule has 250 valence electrons. The first-order valence-electron chi connectivity index (χ1n) is 18.2. The molecular weight excluding hydrogens is 651 g/mol. The van der Waals surface area contributed by atoms with Crippen LogP contribution in [0, 0.1) is 0 Å². The number of hydrogen-bond donors (Lipinski definition) is 1. The lowest BCUT2D eigenvalue weighted by Gasteiger charge is -2.27. The van der Waals surface area contributed by atoms with Crippen LogP contribution >= 0.6 is 11.3 Å². The molecule has 2 heterocycles. The van der Waals surface area contributed by atoms with Crippen LogP contribution in [0.4, 0.5) is 34.1 Å². The quantitative estimate of drug-likeness (QED) is 0.180. The summed E-state index contributed by atoms with van der Waals surface area (Å²) in [7, 11) is 0. The van der Waals surface area contributed by atoms with Crippen molar-refractivity contribution in [1.82, 2.24) is 4.98 Å². The first kappa shape index (κ1) is 30.7. The molecule has 52 heavy (non-hydrogen) atoms. The van der Waals surface area contributed by atoms with Gasteiger partial charge in [-0.1, -0.05) is 109 Å². The second-order valence-corrected chi connectivity index (χ2v) is 14.7. The van der Waals surface area contributed by atoms with Crippen LogP contribution in [0.2, 0.25) is 0 Å². The number of aryl methyl sites for hydroxylation is 2. The van der Waals surface area contributed by atoms with Crippen LogP contribution in [-0.4, -0.2) is 4.98 Å². The lowest BCUT2D eigenvalue weighted by Crippen LogP contribution is -2.10. The van der Waals surface area contributed by atoms with Crippen LogP contribution in [0.15, 0.2) is 158 Å². The van der Waals surface area contributed by atoms with E-state index in [0.717, 1.165) is 54.1 Å². The molecule has 0 saturated heterocycles. The average Bonchev–Trinajstić information content (AvgIpc) is 3.79. The molecule has 2 aromatic heterocycles. The van der Waals surface area contributed by atoms with Crippen molar-refractivity contribution in [3.05, 3.63) is 179 Å². The number of thiophene rings is 1. The fourth-order valence-corrected chi connectivity index (χ4v) is 9.33. The fourth-order valence-electron chi connectivity index (χ4n) is 8.03. The summed E-state index contributed by atoms with van der Waals surface area (Å²) in [6.07, 6.45) is 13.6. The number of anilines is 6. The Bertz CT molecular complexity index is 2420. The van der Waals surface area contributed by atoms with Gasteiger partial charge in [0.15, 0.2) is 0 Å². The van der Waals surface area contributed by atoms with Crippen molar-refractivity contribution >= 4 is 78.6 Å². The highest BCUT2D eigenvalue weighted by Crippen LogP contribution is 2.46. The summed E-state index contributed by atoms with van der Waals surface area (Å²) in [5, 5.41) is 2.62. The Morgan fingerprint density at radius 2 is 1.00 bits per heavy atom. The van der Waals surface area contributed by atoms with E-state index in [9.17, 15) is 0 Å². The van der Waals surface area contributed by atoms with Crippen molar-refractivity contribution in [2.45, 2.75) is 25.7 Å². The van der Waals surface area contributed by atoms with Gasteiger partial charge in [0.25, 0.3) is 0 Å². The molecule has 6 aromatic carbocycles. The number of aromatic amines is 1. The summed E-state index contributed by atoms with van der Waals surface area (Å²) < 4.78 is 1.34. The summed E-state index contributed by atoms with van der Waals surface area (Å²) in [5.41, 5.74) is 14.5. The molecule has 0 aliphatic heterocycles. The van der Waals surface area contributed by atoms with E-state index in [0.29, 0.717) is 0 Å². The van der Waals surface area contributed by atoms with Gasteiger partial charge in [0.05, 0.1) is 21.6 Å². The van der Waals surface area contributed by atoms with E-state index in [2.05, 4.69) is 185 Å². The van der Waals surface area contributed by atoms with Crippen LogP contribution in [0.3, 0.4) is 0 Å². The SMILES string of the molecule is C1=Cc2c([nH]c3c(N(c4ccccc4)c4ccc(-c5ccc(N(c6ccccc6)c6cccc7c8c(sc67)CCC=C8)cc5)cc4)cccc23)CC1. The van der Waals surface area contributed by atoms with E-state index in [1.807, 2.05) is 11.3 Å². The number of rotatable bonds is 7.